The Kier molecular flexibility index (Phi) is 4.44. The van der Waals surface area contributed by atoms with Gasteiger partial charge in [0.1, 0.15) is 17.3 Å². The number of fused-ring (bicyclic) bond motifs is 2. The Bertz CT molecular complexity index is 487. The number of hydrogen-bond donors (Lipinski definition) is 0. The van der Waals surface area contributed by atoms with Crippen LogP contribution in [0.2, 0.25) is 0 Å². The normalized spacial score (nSPS) is 27.4. The third-order valence-corrected chi connectivity index (χ3v) is 4.40. The van der Waals surface area contributed by atoms with Crippen LogP contribution in [0.15, 0.2) is 24.3 Å². The lowest BCUT2D eigenvalue weighted by Crippen LogP contribution is -2.30. The molecule has 21 heavy (non-hydrogen) atoms. The fourth-order valence-electron chi connectivity index (χ4n) is 3.29. The molecule has 1 aromatic rings. The minimum atomic E-state index is 0.171. The van der Waals surface area contributed by atoms with Gasteiger partial charge in [0.15, 0.2) is 0 Å². The van der Waals surface area contributed by atoms with Gasteiger partial charge >= 0.3 is 0 Å². The minimum Gasteiger partial charge on any atom is -0.497 e. The standard InChI is InChI=1S/C17H22O4/c1-19-13-3-2-4-14(11-13)20-8-7-17(18)12-9-15-5-6-16(10-12)21-15/h2-4,11-12,15-16H,5-10H2,1H3. The summed E-state index contributed by atoms with van der Waals surface area (Å²) in [4.78, 5) is 12.3. The average Bonchev–Trinajstić information content (AvgIpc) is 2.85. The van der Waals surface area contributed by atoms with Crippen molar-refractivity contribution in [2.24, 2.45) is 5.92 Å². The molecule has 0 amide bonds. The third kappa shape index (κ3) is 3.56. The van der Waals surface area contributed by atoms with Gasteiger partial charge in [0.2, 0.25) is 0 Å². The molecular weight excluding hydrogens is 268 g/mol. The predicted octanol–water partition coefficient (Wildman–Crippen LogP) is 2.99. The van der Waals surface area contributed by atoms with E-state index in [0.717, 1.165) is 37.2 Å². The van der Waals surface area contributed by atoms with Crippen molar-refractivity contribution in [1.29, 1.82) is 0 Å². The second-order valence-electron chi connectivity index (χ2n) is 5.87. The number of methoxy groups -OCH3 is 1. The van der Waals surface area contributed by atoms with Crippen molar-refractivity contribution < 1.29 is 19.0 Å². The van der Waals surface area contributed by atoms with E-state index in [1.165, 1.54) is 0 Å². The largest absolute Gasteiger partial charge is 0.497 e. The number of Topliss-reactive ketones (excluding diaryl/α,β-unsaturated/α-hetero) is 1. The molecule has 0 aromatic heterocycles. The van der Waals surface area contributed by atoms with Gasteiger partial charge in [-0.15, -0.1) is 0 Å². The van der Waals surface area contributed by atoms with Gasteiger partial charge in [0.05, 0.1) is 25.9 Å². The Balaban J connectivity index is 1.45. The maximum absolute atomic E-state index is 12.3. The van der Waals surface area contributed by atoms with E-state index in [-0.39, 0.29) is 5.92 Å². The summed E-state index contributed by atoms with van der Waals surface area (Å²) in [6, 6.07) is 7.46. The predicted molar refractivity (Wildman–Crippen MR) is 78.7 cm³/mol. The molecule has 0 N–H and O–H groups in total. The molecule has 4 heteroatoms. The zero-order valence-electron chi connectivity index (χ0n) is 12.4. The number of ketones is 1. The van der Waals surface area contributed by atoms with Crippen molar-refractivity contribution in [3.8, 4) is 11.5 Å². The summed E-state index contributed by atoms with van der Waals surface area (Å²) >= 11 is 0. The Morgan fingerprint density at radius 3 is 2.67 bits per heavy atom. The van der Waals surface area contributed by atoms with Crippen LogP contribution in [0.4, 0.5) is 0 Å². The SMILES string of the molecule is COc1cccc(OCCC(=O)C2CC3CCC(C2)O3)c1. The Morgan fingerprint density at radius 2 is 1.95 bits per heavy atom. The number of rotatable bonds is 6. The summed E-state index contributed by atoms with van der Waals surface area (Å²) in [7, 11) is 1.63. The van der Waals surface area contributed by atoms with Gasteiger partial charge in [-0.3, -0.25) is 4.79 Å². The highest BCUT2D eigenvalue weighted by Gasteiger charge is 2.37. The summed E-state index contributed by atoms with van der Waals surface area (Å²) in [6.07, 6.45) is 5.14. The first kappa shape index (κ1) is 14.4. The lowest BCUT2D eigenvalue weighted by Gasteiger charge is -2.27. The number of benzene rings is 1. The van der Waals surface area contributed by atoms with E-state index in [0.29, 0.717) is 31.0 Å². The molecule has 1 aromatic carbocycles. The highest BCUT2D eigenvalue weighted by atomic mass is 16.5. The molecule has 4 nitrogen and oxygen atoms in total. The van der Waals surface area contributed by atoms with Crippen LogP contribution in [0.1, 0.15) is 32.1 Å². The van der Waals surface area contributed by atoms with Crippen LogP contribution in [-0.4, -0.2) is 31.7 Å². The van der Waals surface area contributed by atoms with Gasteiger partial charge in [0, 0.05) is 18.4 Å². The number of carbonyl (C=O) groups excluding carboxylic acids is 1. The van der Waals surface area contributed by atoms with Crippen molar-refractivity contribution in [2.75, 3.05) is 13.7 Å². The fraction of sp³-hybridized carbons (Fsp3) is 0.588. The summed E-state index contributed by atoms with van der Waals surface area (Å²) in [5.41, 5.74) is 0. The van der Waals surface area contributed by atoms with Crippen LogP contribution in [0.3, 0.4) is 0 Å². The molecule has 0 spiro atoms. The molecule has 2 saturated heterocycles. The molecule has 2 heterocycles. The highest BCUT2D eigenvalue weighted by molar-refractivity contribution is 5.81. The first-order valence-corrected chi connectivity index (χ1v) is 7.69. The van der Waals surface area contributed by atoms with Gasteiger partial charge in [-0.05, 0) is 37.8 Å². The molecule has 2 fully saturated rings. The molecule has 2 bridgehead atoms. The molecule has 0 aliphatic carbocycles. The van der Waals surface area contributed by atoms with Crippen molar-refractivity contribution in [2.45, 2.75) is 44.3 Å². The monoisotopic (exact) mass is 290 g/mol. The van der Waals surface area contributed by atoms with E-state index in [1.807, 2.05) is 24.3 Å². The number of hydrogen-bond acceptors (Lipinski definition) is 4. The van der Waals surface area contributed by atoms with E-state index in [1.54, 1.807) is 7.11 Å². The zero-order chi connectivity index (χ0) is 14.7. The zero-order valence-corrected chi connectivity index (χ0v) is 12.4. The first-order valence-electron chi connectivity index (χ1n) is 7.69. The van der Waals surface area contributed by atoms with Crippen LogP contribution < -0.4 is 9.47 Å². The summed E-state index contributed by atoms with van der Waals surface area (Å²) in [6.45, 7) is 0.429. The van der Waals surface area contributed by atoms with E-state index in [4.69, 9.17) is 14.2 Å². The van der Waals surface area contributed by atoms with Crippen LogP contribution in [0, 0.1) is 5.92 Å². The lowest BCUT2D eigenvalue weighted by molar-refractivity contribution is -0.129. The molecular formula is C17H22O4. The molecule has 0 radical (unpaired) electrons. The van der Waals surface area contributed by atoms with E-state index in [2.05, 4.69) is 0 Å². The van der Waals surface area contributed by atoms with E-state index in [9.17, 15) is 4.79 Å². The molecule has 2 aliphatic rings. The minimum absolute atomic E-state index is 0.171. The fourth-order valence-corrected chi connectivity index (χ4v) is 3.29. The summed E-state index contributed by atoms with van der Waals surface area (Å²) in [5, 5.41) is 0. The number of ether oxygens (including phenoxy) is 3. The third-order valence-electron chi connectivity index (χ3n) is 4.40. The summed E-state index contributed by atoms with van der Waals surface area (Å²) in [5.74, 6) is 2.00. The van der Waals surface area contributed by atoms with Gasteiger partial charge in [-0.2, -0.15) is 0 Å². The average molecular weight is 290 g/mol. The quantitative estimate of drug-likeness (QED) is 0.808. The molecule has 0 saturated carbocycles. The van der Waals surface area contributed by atoms with Crippen molar-refractivity contribution in [1.82, 2.24) is 0 Å². The second kappa shape index (κ2) is 6.48. The topological polar surface area (TPSA) is 44.8 Å². The summed E-state index contributed by atoms with van der Waals surface area (Å²) < 4.78 is 16.6. The lowest BCUT2D eigenvalue weighted by atomic mass is 9.90. The van der Waals surface area contributed by atoms with Gasteiger partial charge in [-0.25, -0.2) is 0 Å². The van der Waals surface area contributed by atoms with Crippen LogP contribution in [0.25, 0.3) is 0 Å². The highest BCUT2D eigenvalue weighted by Crippen LogP contribution is 2.36. The number of carbonyl (C=O) groups is 1. The molecule has 114 valence electrons. The van der Waals surface area contributed by atoms with Gasteiger partial charge in [-0.1, -0.05) is 6.07 Å². The first-order chi connectivity index (χ1) is 10.2. The maximum atomic E-state index is 12.3. The van der Waals surface area contributed by atoms with Gasteiger partial charge < -0.3 is 14.2 Å². The molecule has 3 rings (SSSR count). The van der Waals surface area contributed by atoms with Crippen LogP contribution >= 0.6 is 0 Å². The van der Waals surface area contributed by atoms with Gasteiger partial charge in [0.25, 0.3) is 0 Å². The van der Waals surface area contributed by atoms with Crippen molar-refractivity contribution in [3.05, 3.63) is 24.3 Å². The Hall–Kier alpha value is -1.55. The Labute approximate surface area is 125 Å². The van der Waals surface area contributed by atoms with Crippen molar-refractivity contribution >= 4 is 5.78 Å². The van der Waals surface area contributed by atoms with Crippen molar-refractivity contribution in [3.63, 3.8) is 0 Å². The smallest absolute Gasteiger partial charge is 0.139 e. The molecule has 2 atom stereocenters. The second-order valence-corrected chi connectivity index (χ2v) is 5.87. The van der Waals surface area contributed by atoms with E-state index >= 15 is 0 Å². The molecule has 2 aliphatic heterocycles. The Morgan fingerprint density at radius 1 is 1.24 bits per heavy atom. The molecule has 2 unspecified atom stereocenters. The van der Waals surface area contributed by atoms with E-state index < -0.39 is 0 Å². The maximum Gasteiger partial charge on any atom is 0.139 e. The van der Waals surface area contributed by atoms with Crippen LogP contribution in [0.5, 0.6) is 11.5 Å². The van der Waals surface area contributed by atoms with Crippen LogP contribution in [-0.2, 0) is 9.53 Å².